The fourth-order valence-corrected chi connectivity index (χ4v) is 5.58. The molecule has 0 aliphatic carbocycles. The largest absolute Gasteiger partial charge is 0.338 e. The van der Waals surface area contributed by atoms with Gasteiger partial charge in [0.15, 0.2) is 0 Å². The summed E-state index contributed by atoms with van der Waals surface area (Å²) in [4.78, 5) is 44.7. The van der Waals surface area contributed by atoms with Crippen molar-refractivity contribution in [1.29, 1.82) is 0 Å². The fourth-order valence-electron chi connectivity index (χ4n) is 5.58. The van der Waals surface area contributed by atoms with Crippen molar-refractivity contribution in [3.63, 3.8) is 0 Å². The number of likely N-dealkylation sites (tertiary alicyclic amines) is 1. The van der Waals surface area contributed by atoms with Gasteiger partial charge >= 0.3 is 0 Å². The molecule has 0 saturated carbocycles. The Hall–Kier alpha value is -2.11. The number of aromatic amines is 1. The molecule has 3 aliphatic rings. The average Bonchev–Trinajstić information content (AvgIpc) is 2.68. The van der Waals surface area contributed by atoms with Crippen molar-refractivity contribution in [3.05, 3.63) is 34.2 Å². The third kappa shape index (κ3) is 3.49. The number of hydrogen-bond acceptors (Lipinski definition) is 3. The predicted octanol–water partition coefficient (Wildman–Crippen LogP) is 2.65. The first-order valence-corrected chi connectivity index (χ1v) is 10.7. The van der Waals surface area contributed by atoms with Gasteiger partial charge in [0.1, 0.15) is 5.56 Å². The van der Waals surface area contributed by atoms with E-state index in [1.165, 1.54) is 0 Å². The van der Waals surface area contributed by atoms with Crippen LogP contribution in [0.2, 0.25) is 0 Å². The second-order valence-corrected chi connectivity index (χ2v) is 9.18. The number of nitrogens with one attached hydrogen (secondary N) is 1. The van der Waals surface area contributed by atoms with E-state index in [9.17, 15) is 14.4 Å². The Morgan fingerprint density at radius 1 is 1.25 bits per heavy atom. The Labute approximate surface area is 166 Å². The molecule has 1 aromatic rings. The highest BCUT2D eigenvalue weighted by Crippen LogP contribution is 2.43. The Bertz CT molecular complexity index is 802. The number of carbonyl (C=O) groups is 2. The molecule has 4 atom stereocenters. The molecule has 6 heteroatoms. The second-order valence-electron chi connectivity index (χ2n) is 9.18. The van der Waals surface area contributed by atoms with Crippen molar-refractivity contribution < 1.29 is 9.59 Å². The van der Waals surface area contributed by atoms with Crippen LogP contribution < -0.4 is 5.56 Å². The van der Waals surface area contributed by atoms with Crippen molar-refractivity contribution in [3.8, 4) is 0 Å². The molecule has 28 heavy (non-hydrogen) atoms. The van der Waals surface area contributed by atoms with Gasteiger partial charge in [-0.05, 0) is 62.0 Å². The molecule has 6 nitrogen and oxygen atoms in total. The fraction of sp³-hybridized carbons (Fsp3) is 0.682. The van der Waals surface area contributed by atoms with Crippen molar-refractivity contribution in [2.24, 2.45) is 17.8 Å². The van der Waals surface area contributed by atoms with Gasteiger partial charge in [0.2, 0.25) is 5.91 Å². The second kappa shape index (κ2) is 7.72. The summed E-state index contributed by atoms with van der Waals surface area (Å²) < 4.78 is 0. The lowest BCUT2D eigenvalue weighted by Crippen LogP contribution is -2.65. The van der Waals surface area contributed by atoms with Crippen LogP contribution in [-0.2, 0) is 4.79 Å². The molecule has 4 heterocycles. The Morgan fingerprint density at radius 3 is 2.79 bits per heavy atom. The van der Waals surface area contributed by atoms with E-state index < -0.39 is 0 Å². The van der Waals surface area contributed by atoms with Crippen LogP contribution in [-0.4, -0.2) is 51.8 Å². The van der Waals surface area contributed by atoms with Crippen LogP contribution >= 0.6 is 0 Å². The minimum absolute atomic E-state index is 0.172. The van der Waals surface area contributed by atoms with Gasteiger partial charge in [-0.15, -0.1) is 0 Å². The SMILES string of the molecule is CC(C)CC[C@H]1[C@H]2C[C@H](CN(C(=O)c3ccc[nH]c3=O)C2)[C@@H]2CCCC(=O)N21. The lowest BCUT2D eigenvalue weighted by atomic mass is 9.70. The lowest BCUT2D eigenvalue weighted by Gasteiger charge is -2.56. The molecule has 0 spiro atoms. The van der Waals surface area contributed by atoms with E-state index in [1.54, 1.807) is 18.3 Å². The summed E-state index contributed by atoms with van der Waals surface area (Å²) in [5.74, 6) is 1.36. The number of rotatable bonds is 4. The zero-order valence-corrected chi connectivity index (χ0v) is 16.9. The molecule has 3 saturated heterocycles. The summed E-state index contributed by atoms with van der Waals surface area (Å²) in [7, 11) is 0. The summed E-state index contributed by atoms with van der Waals surface area (Å²) in [6.45, 7) is 5.73. The highest BCUT2D eigenvalue weighted by atomic mass is 16.2. The van der Waals surface area contributed by atoms with E-state index in [0.29, 0.717) is 43.2 Å². The quantitative estimate of drug-likeness (QED) is 0.866. The van der Waals surface area contributed by atoms with Crippen molar-refractivity contribution in [2.75, 3.05) is 13.1 Å². The van der Waals surface area contributed by atoms with Crippen LogP contribution in [0.25, 0.3) is 0 Å². The normalized spacial score (nSPS) is 29.8. The monoisotopic (exact) mass is 385 g/mol. The number of aromatic nitrogens is 1. The number of piperidine rings is 3. The molecule has 2 amide bonds. The van der Waals surface area contributed by atoms with E-state index in [0.717, 1.165) is 32.1 Å². The molecule has 4 rings (SSSR count). The van der Waals surface area contributed by atoms with Crippen molar-refractivity contribution >= 4 is 11.8 Å². The first-order valence-electron chi connectivity index (χ1n) is 10.7. The molecular weight excluding hydrogens is 354 g/mol. The first-order chi connectivity index (χ1) is 13.5. The third-order valence-electron chi connectivity index (χ3n) is 6.87. The maximum Gasteiger partial charge on any atom is 0.260 e. The molecule has 0 aromatic carbocycles. The maximum atomic E-state index is 13.1. The molecular formula is C22H31N3O3. The summed E-state index contributed by atoms with van der Waals surface area (Å²) in [5, 5.41) is 0. The summed E-state index contributed by atoms with van der Waals surface area (Å²) in [6.07, 6.45) is 7.39. The maximum absolute atomic E-state index is 13.1. The zero-order valence-electron chi connectivity index (χ0n) is 16.9. The Kier molecular flexibility index (Phi) is 5.30. The topological polar surface area (TPSA) is 73.5 Å². The molecule has 3 fully saturated rings. The van der Waals surface area contributed by atoms with Crippen LogP contribution in [0.5, 0.6) is 0 Å². The van der Waals surface area contributed by atoms with E-state index in [4.69, 9.17) is 0 Å². The number of pyridine rings is 1. The van der Waals surface area contributed by atoms with Crippen LogP contribution in [0.3, 0.4) is 0 Å². The summed E-state index contributed by atoms with van der Waals surface area (Å²) in [5.41, 5.74) is -0.105. The Balaban J connectivity index is 1.60. The molecule has 0 unspecified atom stereocenters. The lowest BCUT2D eigenvalue weighted by molar-refractivity contribution is -0.152. The number of hydrogen-bond donors (Lipinski definition) is 1. The van der Waals surface area contributed by atoms with Crippen molar-refractivity contribution in [1.82, 2.24) is 14.8 Å². The summed E-state index contributed by atoms with van der Waals surface area (Å²) >= 11 is 0. The minimum atomic E-state index is -0.325. The third-order valence-corrected chi connectivity index (χ3v) is 6.87. The molecule has 1 N–H and O–H groups in total. The van der Waals surface area contributed by atoms with Gasteiger partial charge in [0.05, 0.1) is 0 Å². The molecule has 1 aromatic heterocycles. The van der Waals surface area contributed by atoms with Gasteiger partial charge in [-0.1, -0.05) is 13.8 Å². The summed E-state index contributed by atoms with van der Waals surface area (Å²) in [6, 6.07) is 3.78. The standard InChI is InChI=1S/C22H31N3O3/c1-14(2)8-9-19-16-11-15(18-6-3-7-20(26)25(18)19)12-24(13-16)22(28)17-5-4-10-23-21(17)27/h4-5,10,14-16,18-19H,3,6-9,11-13H2,1-2H3,(H,23,27)/t15-,16+,18+,19+/m1/s1. The molecule has 2 bridgehead atoms. The van der Waals surface area contributed by atoms with E-state index in [1.807, 2.05) is 4.90 Å². The number of amides is 2. The number of carbonyl (C=O) groups excluding carboxylic acids is 2. The Morgan fingerprint density at radius 2 is 2.04 bits per heavy atom. The van der Waals surface area contributed by atoms with Gasteiger partial charge in [-0.2, -0.15) is 0 Å². The smallest absolute Gasteiger partial charge is 0.260 e. The van der Waals surface area contributed by atoms with Gasteiger partial charge in [-0.3, -0.25) is 14.4 Å². The highest BCUT2D eigenvalue weighted by Gasteiger charge is 2.49. The number of H-pyrrole nitrogens is 1. The molecule has 0 radical (unpaired) electrons. The van der Waals surface area contributed by atoms with E-state index in [2.05, 4.69) is 23.7 Å². The van der Waals surface area contributed by atoms with Crippen molar-refractivity contribution in [2.45, 2.75) is 64.5 Å². The first kappa shape index (κ1) is 19.2. The van der Waals surface area contributed by atoms with Gasteiger partial charge in [-0.25, -0.2) is 0 Å². The van der Waals surface area contributed by atoms with Gasteiger partial charge in [0.25, 0.3) is 11.5 Å². The zero-order chi connectivity index (χ0) is 19.8. The molecule has 3 aliphatic heterocycles. The number of fused-ring (bicyclic) bond motifs is 4. The van der Waals surface area contributed by atoms with Crippen LogP contribution in [0.4, 0.5) is 0 Å². The van der Waals surface area contributed by atoms with Gasteiger partial charge < -0.3 is 14.8 Å². The number of nitrogens with zero attached hydrogens (tertiary/aromatic N) is 2. The highest BCUT2D eigenvalue weighted by molar-refractivity contribution is 5.94. The van der Waals surface area contributed by atoms with E-state index in [-0.39, 0.29) is 29.1 Å². The van der Waals surface area contributed by atoms with Crippen LogP contribution in [0.1, 0.15) is 62.7 Å². The average molecular weight is 386 g/mol. The van der Waals surface area contributed by atoms with Gasteiger partial charge in [0, 0.05) is 37.8 Å². The van der Waals surface area contributed by atoms with E-state index >= 15 is 0 Å². The van der Waals surface area contributed by atoms with Crippen LogP contribution in [0, 0.1) is 17.8 Å². The van der Waals surface area contributed by atoms with Crippen LogP contribution in [0.15, 0.2) is 23.1 Å². The predicted molar refractivity (Wildman–Crippen MR) is 107 cm³/mol. The minimum Gasteiger partial charge on any atom is -0.338 e. The molecule has 152 valence electrons.